The quantitative estimate of drug-likeness (QED) is 0.898. The Morgan fingerprint density at radius 1 is 1.40 bits per heavy atom. The molecule has 4 nitrogen and oxygen atoms in total. The number of hydrogen-bond acceptors (Lipinski definition) is 3. The van der Waals surface area contributed by atoms with Gasteiger partial charge in [0.15, 0.2) is 0 Å². The first-order valence-corrected chi connectivity index (χ1v) is 7.40. The van der Waals surface area contributed by atoms with Gasteiger partial charge in [-0.05, 0) is 34.0 Å². The number of nitrogens with one attached hydrogen (secondary N) is 1. The Balaban J connectivity index is 2.12. The molecule has 2 aromatic rings. The van der Waals surface area contributed by atoms with Gasteiger partial charge in [0.25, 0.3) is 0 Å². The van der Waals surface area contributed by atoms with Gasteiger partial charge < -0.3 is 10.1 Å². The van der Waals surface area contributed by atoms with Gasteiger partial charge >= 0.3 is 0 Å². The van der Waals surface area contributed by atoms with Crippen LogP contribution in [-0.4, -0.2) is 16.9 Å². The van der Waals surface area contributed by atoms with Crippen LogP contribution in [0.1, 0.15) is 31.0 Å². The van der Waals surface area contributed by atoms with E-state index in [4.69, 9.17) is 4.74 Å². The van der Waals surface area contributed by atoms with Crippen LogP contribution in [0.4, 0.5) is 5.69 Å². The SMILES string of the molecule is COc1cc(NCc2cn(C)nc2C(C)C)ccc1Br. The van der Waals surface area contributed by atoms with Gasteiger partial charge in [0.1, 0.15) is 5.75 Å². The van der Waals surface area contributed by atoms with Crippen molar-refractivity contribution in [1.29, 1.82) is 0 Å². The minimum Gasteiger partial charge on any atom is -0.495 e. The molecule has 108 valence electrons. The second-order valence-corrected chi connectivity index (χ2v) is 5.93. The molecule has 1 aromatic heterocycles. The summed E-state index contributed by atoms with van der Waals surface area (Å²) in [6.45, 7) is 5.08. The molecule has 0 atom stereocenters. The lowest BCUT2D eigenvalue weighted by Crippen LogP contribution is -2.02. The number of ether oxygens (including phenoxy) is 1. The Morgan fingerprint density at radius 2 is 2.15 bits per heavy atom. The number of benzene rings is 1. The van der Waals surface area contributed by atoms with Crippen molar-refractivity contribution in [3.05, 3.63) is 40.1 Å². The van der Waals surface area contributed by atoms with Crippen molar-refractivity contribution in [2.24, 2.45) is 7.05 Å². The molecule has 0 radical (unpaired) electrons. The van der Waals surface area contributed by atoms with E-state index in [-0.39, 0.29) is 0 Å². The monoisotopic (exact) mass is 337 g/mol. The van der Waals surface area contributed by atoms with Gasteiger partial charge in [-0.25, -0.2) is 0 Å². The van der Waals surface area contributed by atoms with E-state index in [1.54, 1.807) is 7.11 Å². The molecule has 1 heterocycles. The number of halogens is 1. The molecule has 5 heteroatoms. The minimum atomic E-state index is 0.424. The topological polar surface area (TPSA) is 39.1 Å². The lowest BCUT2D eigenvalue weighted by atomic mass is 10.1. The maximum atomic E-state index is 5.30. The molecule has 0 aliphatic rings. The summed E-state index contributed by atoms with van der Waals surface area (Å²) in [6, 6.07) is 5.99. The third-order valence-corrected chi connectivity index (χ3v) is 3.77. The molecule has 1 aromatic carbocycles. The number of nitrogens with zero attached hydrogens (tertiary/aromatic N) is 2. The van der Waals surface area contributed by atoms with Crippen molar-refractivity contribution in [3.8, 4) is 5.75 Å². The van der Waals surface area contributed by atoms with Crippen LogP contribution in [0.3, 0.4) is 0 Å². The maximum absolute atomic E-state index is 5.30. The van der Waals surface area contributed by atoms with Gasteiger partial charge in [0.2, 0.25) is 0 Å². The summed E-state index contributed by atoms with van der Waals surface area (Å²) in [7, 11) is 3.62. The van der Waals surface area contributed by atoms with Gasteiger partial charge in [-0.3, -0.25) is 4.68 Å². The molecule has 20 heavy (non-hydrogen) atoms. The van der Waals surface area contributed by atoms with Crippen LogP contribution in [0.25, 0.3) is 0 Å². The average molecular weight is 338 g/mol. The molecule has 0 spiro atoms. The van der Waals surface area contributed by atoms with Crippen LogP contribution >= 0.6 is 15.9 Å². The second kappa shape index (κ2) is 6.31. The van der Waals surface area contributed by atoms with Crippen LogP contribution in [-0.2, 0) is 13.6 Å². The lowest BCUT2D eigenvalue weighted by molar-refractivity contribution is 0.412. The fourth-order valence-corrected chi connectivity index (χ4v) is 2.55. The average Bonchev–Trinajstić information content (AvgIpc) is 2.79. The zero-order valence-corrected chi connectivity index (χ0v) is 13.9. The first kappa shape index (κ1) is 14.9. The predicted octanol–water partition coefficient (Wildman–Crippen LogP) is 3.93. The van der Waals surface area contributed by atoms with Crippen molar-refractivity contribution in [3.63, 3.8) is 0 Å². The van der Waals surface area contributed by atoms with E-state index < -0.39 is 0 Å². The third-order valence-electron chi connectivity index (χ3n) is 3.12. The highest BCUT2D eigenvalue weighted by atomic mass is 79.9. The van der Waals surface area contributed by atoms with Crippen LogP contribution in [0, 0.1) is 0 Å². The number of aromatic nitrogens is 2. The molecule has 0 bridgehead atoms. The molecule has 0 aliphatic carbocycles. The van der Waals surface area contributed by atoms with E-state index in [1.165, 1.54) is 5.56 Å². The number of methoxy groups -OCH3 is 1. The minimum absolute atomic E-state index is 0.424. The van der Waals surface area contributed by atoms with Crippen molar-refractivity contribution < 1.29 is 4.74 Å². The van der Waals surface area contributed by atoms with Crippen LogP contribution in [0.2, 0.25) is 0 Å². The number of hydrogen-bond donors (Lipinski definition) is 1. The molecular formula is C15H20BrN3O. The highest BCUT2D eigenvalue weighted by Crippen LogP contribution is 2.28. The number of aryl methyl sites for hydroxylation is 1. The Hall–Kier alpha value is -1.49. The van der Waals surface area contributed by atoms with Crippen molar-refractivity contribution >= 4 is 21.6 Å². The Kier molecular flexibility index (Phi) is 4.70. The van der Waals surface area contributed by atoms with Gasteiger partial charge in [0.05, 0.1) is 17.3 Å². The highest BCUT2D eigenvalue weighted by Gasteiger charge is 2.11. The maximum Gasteiger partial charge on any atom is 0.135 e. The molecule has 0 amide bonds. The lowest BCUT2D eigenvalue weighted by Gasteiger charge is -2.10. The summed E-state index contributed by atoms with van der Waals surface area (Å²) < 4.78 is 8.12. The van der Waals surface area contributed by atoms with Crippen molar-refractivity contribution in [2.75, 3.05) is 12.4 Å². The van der Waals surface area contributed by atoms with Gasteiger partial charge in [-0.1, -0.05) is 13.8 Å². The smallest absolute Gasteiger partial charge is 0.135 e. The van der Waals surface area contributed by atoms with E-state index in [0.29, 0.717) is 5.92 Å². The fourth-order valence-electron chi connectivity index (χ4n) is 2.14. The summed E-state index contributed by atoms with van der Waals surface area (Å²) >= 11 is 3.45. The van der Waals surface area contributed by atoms with Crippen LogP contribution in [0.15, 0.2) is 28.9 Å². The second-order valence-electron chi connectivity index (χ2n) is 5.07. The van der Waals surface area contributed by atoms with Crippen molar-refractivity contribution in [1.82, 2.24) is 9.78 Å². The molecule has 0 fully saturated rings. The van der Waals surface area contributed by atoms with E-state index in [0.717, 1.165) is 28.1 Å². The van der Waals surface area contributed by atoms with E-state index in [1.807, 2.05) is 29.9 Å². The summed E-state index contributed by atoms with van der Waals surface area (Å²) in [6.07, 6.45) is 2.07. The standard InChI is InChI=1S/C15H20BrN3O/c1-10(2)15-11(9-19(3)18-15)8-17-12-5-6-13(16)14(7-12)20-4/h5-7,9-10,17H,8H2,1-4H3. The highest BCUT2D eigenvalue weighted by molar-refractivity contribution is 9.10. The molecular weight excluding hydrogens is 318 g/mol. The van der Waals surface area contributed by atoms with Gasteiger partial charge in [0, 0.05) is 37.1 Å². The van der Waals surface area contributed by atoms with E-state index >= 15 is 0 Å². The Morgan fingerprint density at radius 3 is 2.80 bits per heavy atom. The zero-order chi connectivity index (χ0) is 14.7. The Bertz CT molecular complexity index is 593. The molecule has 0 saturated heterocycles. The van der Waals surface area contributed by atoms with Gasteiger partial charge in [-0.15, -0.1) is 0 Å². The summed E-state index contributed by atoms with van der Waals surface area (Å²) in [5.41, 5.74) is 3.40. The van der Waals surface area contributed by atoms with Crippen LogP contribution in [0.5, 0.6) is 5.75 Å². The summed E-state index contributed by atoms with van der Waals surface area (Å²) in [5, 5.41) is 7.93. The molecule has 0 saturated carbocycles. The van der Waals surface area contributed by atoms with E-state index in [9.17, 15) is 0 Å². The molecule has 2 rings (SSSR count). The largest absolute Gasteiger partial charge is 0.495 e. The first-order chi connectivity index (χ1) is 9.51. The van der Waals surface area contributed by atoms with Crippen LogP contribution < -0.4 is 10.1 Å². The van der Waals surface area contributed by atoms with Crippen molar-refractivity contribution in [2.45, 2.75) is 26.3 Å². The van der Waals surface area contributed by atoms with E-state index in [2.05, 4.69) is 46.4 Å². The first-order valence-electron chi connectivity index (χ1n) is 6.61. The summed E-state index contributed by atoms with van der Waals surface area (Å²) in [5.74, 6) is 1.25. The molecule has 0 aliphatic heterocycles. The molecule has 0 unspecified atom stereocenters. The fraction of sp³-hybridized carbons (Fsp3) is 0.400. The molecule has 1 N–H and O–H groups in total. The Labute approximate surface area is 128 Å². The zero-order valence-electron chi connectivity index (χ0n) is 12.3. The predicted molar refractivity (Wildman–Crippen MR) is 85.3 cm³/mol. The third kappa shape index (κ3) is 3.33. The normalized spacial score (nSPS) is 10.9. The summed E-state index contributed by atoms with van der Waals surface area (Å²) in [4.78, 5) is 0. The van der Waals surface area contributed by atoms with Gasteiger partial charge in [-0.2, -0.15) is 5.10 Å². The number of rotatable bonds is 5. The number of anilines is 1.